The second kappa shape index (κ2) is 10.2. The molecule has 230 valence electrons. The van der Waals surface area contributed by atoms with E-state index in [9.17, 15) is 10.2 Å². The van der Waals surface area contributed by atoms with E-state index in [4.69, 9.17) is 9.98 Å². The Balaban J connectivity index is 1.22. The van der Waals surface area contributed by atoms with E-state index in [1.807, 2.05) is 54.6 Å². The van der Waals surface area contributed by atoms with Gasteiger partial charge in [0.2, 0.25) is 0 Å². The molecule has 0 radical (unpaired) electrons. The molecule has 10 rings (SSSR count). The van der Waals surface area contributed by atoms with Gasteiger partial charge in [0.15, 0.2) is 0 Å². The Bertz CT molecular complexity index is 2660. The van der Waals surface area contributed by atoms with Crippen molar-refractivity contribution >= 4 is 33.4 Å². The topological polar surface area (TPSA) is 65.7 Å². The zero-order valence-corrected chi connectivity index (χ0v) is 26.3. The summed E-state index contributed by atoms with van der Waals surface area (Å²) in [7, 11) is 0. The first-order chi connectivity index (χ1) is 24.1. The van der Waals surface area contributed by atoms with E-state index in [1.165, 1.54) is 27.8 Å². The molecule has 2 aliphatic rings. The molecular formula is C45H28N2O2. The first-order valence-electron chi connectivity index (χ1n) is 16.4. The third kappa shape index (κ3) is 3.80. The molecule has 49 heavy (non-hydrogen) atoms. The summed E-state index contributed by atoms with van der Waals surface area (Å²) >= 11 is 0. The van der Waals surface area contributed by atoms with Gasteiger partial charge in [-0.25, -0.2) is 4.98 Å². The van der Waals surface area contributed by atoms with Crippen molar-refractivity contribution in [2.45, 2.75) is 5.41 Å². The van der Waals surface area contributed by atoms with Crippen LogP contribution in [0.1, 0.15) is 27.9 Å². The maximum Gasteiger partial charge on any atom is 0.125 e. The molecule has 1 aromatic heterocycles. The van der Waals surface area contributed by atoms with Crippen molar-refractivity contribution in [1.82, 2.24) is 4.98 Å². The van der Waals surface area contributed by atoms with Gasteiger partial charge in [0.1, 0.15) is 11.5 Å². The van der Waals surface area contributed by atoms with E-state index in [0.717, 1.165) is 32.8 Å². The maximum atomic E-state index is 11.9. The maximum absolute atomic E-state index is 11.9. The monoisotopic (exact) mass is 628 g/mol. The van der Waals surface area contributed by atoms with Crippen LogP contribution in [0.4, 0.5) is 5.69 Å². The molecule has 0 saturated heterocycles. The highest BCUT2D eigenvalue weighted by atomic mass is 16.3. The zero-order chi connectivity index (χ0) is 32.7. The molecule has 4 heteroatoms. The SMILES string of the molecule is Oc1cc2c(cc1-c1nc(C=Nc3cccc4cccc(O)c34)cc3ccccc13)C1(c3ccccc3-c3ccccc31)c1ccccc1-2. The molecular weight excluding hydrogens is 601 g/mol. The molecule has 1 heterocycles. The van der Waals surface area contributed by atoms with Gasteiger partial charge in [0.05, 0.1) is 28.7 Å². The van der Waals surface area contributed by atoms with Crippen molar-refractivity contribution in [3.05, 3.63) is 180 Å². The van der Waals surface area contributed by atoms with Crippen LogP contribution in [0.2, 0.25) is 0 Å². The predicted molar refractivity (Wildman–Crippen MR) is 198 cm³/mol. The number of phenols is 2. The van der Waals surface area contributed by atoms with Crippen LogP contribution in [-0.4, -0.2) is 21.4 Å². The predicted octanol–water partition coefficient (Wildman–Crippen LogP) is 10.6. The third-order valence-electron chi connectivity index (χ3n) is 10.3. The normalized spacial score (nSPS) is 13.6. The number of phenolic OH excluding ortho intramolecular Hbond substituents is 2. The highest BCUT2D eigenvalue weighted by Gasteiger charge is 2.51. The molecule has 1 spiro atoms. The van der Waals surface area contributed by atoms with Gasteiger partial charge in [-0.2, -0.15) is 0 Å². The number of rotatable bonds is 3. The number of benzene rings is 7. The summed E-state index contributed by atoms with van der Waals surface area (Å²) in [5.74, 6) is 0.362. The number of nitrogens with zero attached hydrogens (tertiary/aromatic N) is 2. The van der Waals surface area contributed by atoms with E-state index < -0.39 is 5.41 Å². The summed E-state index contributed by atoms with van der Waals surface area (Å²) in [4.78, 5) is 9.97. The van der Waals surface area contributed by atoms with Crippen molar-refractivity contribution in [3.63, 3.8) is 0 Å². The highest BCUT2D eigenvalue weighted by molar-refractivity contribution is 6.03. The summed E-state index contributed by atoms with van der Waals surface area (Å²) in [6.07, 6.45) is 1.74. The minimum Gasteiger partial charge on any atom is -0.507 e. The summed E-state index contributed by atoms with van der Waals surface area (Å²) in [5, 5.41) is 26.1. The van der Waals surface area contributed by atoms with Crippen LogP contribution in [0.5, 0.6) is 11.5 Å². The van der Waals surface area contributed by atoms with Crippen molar-refractivity contribution in [2.75, 3.05) is 0 Å². The number of aromatic hydroxyl groups is 2. The fraction of sp³-hybridized carbons (Fsp3) is 0.0222. The van der Waals surface area contributed by atoms with Crippen LogP contribution < -0.4 is 0 Å². The van der Waals surface area contributed by atoms with Crippen molar-refractivity contribution < 1.29 is 10.2 Å². The van der Waals surface area contributed by atoms with Gasteiger partial charge in [-0.15, -0.1) is 0 Å². The van der Waals surface area contributed by atoms with Gasteiger partial charge >= 0.3 is 0 Å². The van der Waals surface area contributed by atoms with Gasteiger partial charge in [-0.3, -0.25) is 4.99 Å². The van der Waals surface area contributed by atoms with Crippen LogP contribution >= 0.6 is 0 Å². The Morgan fingerprint density at radius 2 is 1.08 bits per heavy atom. The number of hydrogen-bond acceptors (Lipinski definition) is 4. The molecule has 2 N–H and O–H groups in total. The zero-order valence-electron chi connectivity index (χ0n) is 26.3. The highest BCUT2D eigenvalue weighted by Crippen LogP contribution is 2.63. The Hall–Kier alpha value is -6.52. The smallest absolute Gasteiger partial charge is 0.125 e. The lowest BCUT2D eigenvalue weighted by Crippen LogP contribution is -2.25. The molecule has 0 atom stereocenters. The van der Waals surface area contributed by atoms with E-state index in [-0.39, 0.29) is 11.5 Å². The number of aliphatic imine (C=N–C) groups is 1. The van der Waals surface area contributed by atoms with E-state index in [2.05, 4.69) is 91.0 Å². The second-order valence-corrected chi connectivity index (χ2v) is 12.8. The number of pyridine rings is 1. The minimum atomic E-state index is -0.535. The first-order valence-corrected chi connectivity index (χ1v) is 16.4. The van der Waals surface area contributed by atoms with E-state index in [1.54, 1.807) is 12.3 Å². The molecule has 0 amide bonds. The fourth-order valence-corrected chi connectivity index (χ4v) is 8.35. The average molecular weight is 629 g/mol. The largest absolute Gasteiger partial charge is 0.507 e. The molecule has 8 aromatic rings. The summed E-state index contributed by atoms with van der Waals surface area (Å²) < 4.78 is 0. The van der Waals surface area contributed by atoms with Crippen molar-refractivity contribution in [1.29, 1.82) is 0 Å². The van der Waals surface area contributed by atoms with Crippen LogP contribution in [0.25, 0.3) is 55.1 Å². The van der Waals surface area contributed by atoms with Gasteiger partial charge in [0, 0.05) is 16.3 Å². The lowest BCUT2D eigenvalue weighted by molar-refractivity contribution is 0.477. The second-order valence-electron chi connectivity index (χ2n) is 12.8. The molecule has 2 aliphatic carbocycles. The standard InChI is InChI=1S/C45H28N2O2/c48-41-22-10-13-27-12-9-21-40(43(27)41)46-26-29-23-28-11-1-2-14-30(28)44(47-29)35-24-39-34(25-42(35)49)33-17-5-8-20-38(33)45(39)36-18-6-3-15-31(36)32-16-4-7-19-37(32)45/h1-26,48-49H. The minimum absolute atomic E-state index is 0.177. The molecule has 0 fully saturated rings. The van der Waals surface area contributed by atoms with Gasteiger partial charge in [-0.05, 0) is 85.6 Å². The van der Waals surface area contributed by atoms with Gasteiger partial charge in [0.25, 0.3) is 0 Å². The molecule has 4 nitrogen and oxygen atoms in total. The van der Waals surface area contributed by atoms with Crippen LogP contribution in [0, 0.1) is 0 Å². The third-order valence-corrected chi connectivity index (χ3v) is 10.3. The number of aromatic nitrogens is 1. The Morgan fingerprint density at radius 3 is 1.80 bits per heavy atom. The van der Waals surface area contributed by atoms with Crippen LogP contribution in [0.3, 0.4) is 0 Å². The Labute approximate surface area is 283 Å². The Kier molecular flexibility index (Phi) is 5.76. The Morgan fingerprint density at radius 1 is 0.490 bits per heavy atom. The quantitative estimate of drug-likeness (QED) is 0.191. The van der Waals surface area contributed by atoms with E-state index in [0.29, 0.717) is 28.0 Å². The van der Waals surface area contributed by atoms with Gasteiger partial charge in [-0.1, -0.05) is 121 Å². The lowest BCUT2D eigenvalue weighted by atomic mass is 9.70. The summed E-state index contributed by atoms with van der Waals surface area (Å²) in [6, 6.07) is 51.5. The molecule has 0 aliphatic heterocycles. The van der Waals surface area contributed by atoms with Crippen molar-refractivity contribution in [2.24, 2.45) is 4.99 Å². The van der Waals surface area contributed by atoms with Gasteiger partial charge < -0.3 is 10.2 Å². The average Bonchev–Trinajstić information content (AvgIpc) is 3.60. The molecule has 0 saturated carbocycles. The van der Waals surface area contributed by atoms with Crippen LogP contribution in [-0.2, 0) is 5.41 Å². The first kappa shape index (κ1) is 27.6. The number of fused-ring (bicyclic) bond motifs is 12. The molecule has 0 bridgehead atoms. The van der Waals surface area contributed by atoms with Crippen LogP contribution in [0.15, 0.2) is 157 Å². The summed E-state index contributed by atoms with van der Waals surface area (Å²) in [6.45, 7) is 0. The molecule has 7 aromatic carbocycles. The van der Waals surface area contributed by atoms with E-state index >= 15 is 0 Å². The fourth-order valence-electron chi connectivity index (χ4n) is 8.35. The lowest BCUT2D eigenvalue weighted by Gasteiger charge is -2.30. The molecule has 0 unspecified atom stereocenters. The number of hydrogen-bond donors (Lipinski definition) is 2. The van der Waals surface area contributed by atoms with Crippen molar-refractivity contribution in [3.8, 4) is 45.0 Å². The summed E-state index contributed by atoms with van der Waals surface area (Å²) in [5.41, 5.74) is 11.6.